The lowest BCUT2D eigenvalue weighted by molar-refractivity contribution is 0.587. The molecule has 0 bridgehead atoms. The Morgan fingerprint density at radius 2 is 2.00 bits per heavy atom. The molecule has 0 radical (unpaired) electrons. The molecular weight excluding hydrogens is 262 g/mol. The van der Waals surface area contributed by atoms with E-state index in [4.69, 9.17) is 0 Å². The van der Waals surface area contributed by atoms with Crippen LogP contribution in [0.25, 0.3) is 0 Å². The SMILES string of the molecule is CCN(CCNS(C)(=O)=O)c1ccc(NC)c(C)c1. The van der Waals surface area contributed by atoms with Crippen molar-refractivity contribution in [1.82, 2.24) is 4.72 Å². The first-order valence-corrected chi connectivity index (χ1v) is 8.24. The van der Waals surface area contributed by atoms with Crippen molar-refractivity contribution in [1.29, 1.82) is 0 Å². The minimum atomic E-state index is -3.12. The van der Waals surface area contributed by atoms with Gasteiger partial charge in [0.25, 0.3) is 0 Å². The van der Waals surface area contributed by atoms with Gasteiger partial charge in [-0.3, -0.25) is 0 Å². The third-order valence-electron chi connectivity index (χ3n) is 2.97. The predicted octanol–water partition coefficient (Wildman–Crippen LogP) is 1.41. The molecule has 0 fully saturated rings. The molecule has 0 aliphatic rings. The van der Waals surface area contributed by atoms with Gasteiger partial charge >= 0.3 is 0 Å². The zero-order chi connectivity index (χ0) is 14.5. The van der Waals surface area contributed by atoms with Crippen LogP contribution in [0.1, 0.15) is 12.5 Å². The molecule has 0 aromatic heterocycles. The topological polar surface area (TPSA) is 61.4 Å². The van der Waals surface area contributed by atoms with Crippen LogP contribution >= 0.6 is 0 Å². The second-order valence-corrected chi connectivity index (χ2v) is 6.33. The fraction of sp³-hybridized carbons (Fsp3) is 0.538. The number of anilines is 2. The van der Waals surface area contributed by atoms with E-state index >= 15 is 0 Å². The molecule has 0 spiro atoms. The van der Waals surface area contributed by atoms with Gasteiger partial charge in [-0.1, -0.05) is 0 Å². The predicted molar refractivity (Wildman–Crippen MR) is 81.5 cm³/mol. The van der Waals surface area contributed by atoms with Gasteiger partial charge < -0.3 is 10.2 Å². The lowest BCUT2D eigenvalue weighted by Gasteiger charge is -2.24. The summed E-state index contributed by atoms with van der Waals surface area (Å²) in [6, 6.07) is 6.19. The van der Waals surface area contributed by atoms with E-state index < -0.39 is 10.0 Å². The molecule has 1 aromatic carbocycles. The molecule has 0 atom stereocenters. The lowest BCUT2D eigenvalue weighted by atomic mass is 10.1. The Morgan fingerprint density at radius 1 is 1.32 bits per heavy atom. The highest BCUT2D eigenvalue weighted by atomic mass is 32.2. The van der Waals surface area contributed by atoms with Crippen molar-refractivity contribution in [3.63, 3.8) is 0 Å². The maximum Gasteiger partial charge on any atom is 0.208 e. The second-order valence-electron chi connectivity index (χ2n) is 4.50. The molecule has 6 heteroatoms. The van der Waals surface area contributed by atoms with Crippen molar-refractivity contribution in [3.05, 3.63) is 23.8 Å². The first-order chi connectivity index (χ1) is 8.87. The quantitative estimate of drug-likeness (QED) is 0.795. The van der Waals surface area contributed by atoms with Crippen molar-refractivity contribution in [2.24, 2.45) is 0 Å². The standard InChI is InChI=1S/C13H23N3O2S/c1-5-16(9-8-15-19(4,17)18)12-6-7-13(14-3)11(2)10-12/h6-7,10,14-15H,5,8-9H2,1-4H3. The number of nitrogens with zero attached hydrogens (tertiary/aromatic N) is 1. The summed E-state index contributed by atoms with van der Waals surface area (Å²) in [6.07, 6.45) is 1.18. The summed E-state index contributed by atoms with van der Waals surface area (Å²) in [4.78, 5) is 2.14. The normalized spacial score (nSPS) is 11.4. The molecule has 0 unspecified atom stereocenters. The average molecular weight is 285 g/mol. The van der Waals surface area contributed by atoms with Gasteiger partial charge in [0.15, 0.2) is 0 Å². The molecule has 108 valence electrons. The zero-order valence-electron chi connectivity index (χ0n) is 12.0. The molecule has 0 amide bonds. The second kappa shape index (κ2) is 6.77. The molecule has 1 rings (SSSR count). The smallest absolute Gasteiger partial charge is 0.208 e. The lowest BCUT2D eigenvalue weighted by Crippen LogP contribution is -2.34. The van der Waals surface area contributed by atoms with Gasteiger partial charge in [0.05, 0.1) is 6.26 Å². The van der Waals surface area contributed by atoms with Crippen molar-refractivity contribution in [2.75, 3.05) is 43.2 Å². The minimum Gasteiger partial charge on any atom is -0.388 e. The van der Waals surface area contributed by atoms with Gasteiger partial charge in [-0.05, 0) is 37.6 Å². The molecule has 0 saturated carbocycles. The Bertz CT molecular complexity index is 515. The number of rotatable bonds is 7. The van der Waals surface area contributed by atoms with Crippen molar-refractivity contribution in [3.8, 4) is 0 Å². The van der Waals surface area contributed by atoms with Crippen LogP contribution in [0.4, 0.5) is 11.4 Å². The van der Waals surface area contributed by atoms with E-state index in [0.717, 1.165) is 17.9 Å². The molecule has 0 aliphatic heterocycles. The Balaban J connectivity index is 2.72. The van der Waals surface area contributed by atoms with E-state index in [1.807, 2.05) is 19.2 Å². The number of benzene rings is 1. The number of likely N-dealkylation sites (N-methyl/N-ethyl adjacent to an activating group) is 1. The molecule has 2 N–H and O–H groups in total. The Kier molecular flexibility index (Phi) is 5.62. The van der Waals surface area contributed by atoms with Crippen molar-refractivity contribution < 1.29 is 8.42 Å². The third kappa shape index (κ3) is 5.08. The van der Waals surface area contributed by atoms with Crippen LogP contribution in [-0.4, -0.2) is 41.4 Å². The summed E-state index contributed by atoms with van der Waals surface area (Å²) < 4.78 is 24.6. The van der Waals surface area contributed by atoms with Gasteiger partial charge in [0.2, 0.25) is 10.0 Å². The van der Waals surface area contributed by atoms with Crippen LogP contribution in [0.5, 0.6) is 0 Å². The largest absolute Gasteiger partial charge is 0.388 e. The number of nitrogens with one attached hydrogen (secondary N) is 2. The first-order valence-electron chi connectivity index (χ1n) is 6.35. The molecule has 19 heavy (non-hydrogen) atoms. The average Bonchev–Trinajstić information content (AvgIpc) is 2.33. The number of sulfonamides is 1. The van der Waals surface area contributed by atoms with Gasteiger partial charge in [-0.2, -0.15) is 0 Å². The maximum atomic E-state index is 11.0. The van der Waals surface area contributed by atoms with Crippen molar-refractivity contribution >= 4 is 21.4 Å². The van der Waals surface area contributed by atoms with Gasteiger partial charge in [0.1, 0.15) is 0 Å². The highest BCUT2D eigenvalue weighted by Gasteiger charge is 2.07. The highest BCUT2D eigenvalue weighted by Crippen LogP contribution is 2.22. The van der Waals surface area contributed by atoms with Crippen LogP contribution < -0.4 is 14.9 Å². The Labute approximate surface area is 116 Å². The summed E-state index contributed by atoms with van der Waals surface area (Å²) in [5, 5.41) is 3.13. The summed E-state index contributed by atoms with van der Waals surface area (Å²) in [5.74, 6) is 0. The minimum absolute atomic E-state index is 0.416. The van der Waals surface area contributed by atoms with Crippen LogP contribution in [-0.2, 0) is 10.0 Å². The maximum absolute atomic E-state index is 11.0. The molecule has 1 aromatic rings. The fourth-order valence-corrected chi connectivity index (χ4v) is 2.42. The molecule has 0 saturated heterocycles. The summed E-state index contributed by atoms with van der Waals surface area (Å²) in [6.45, 7) is 6.02. The van der Waals surface area contributed by atoms with Crippen LogP contribution in [0.3, 0.4) is 0 Å². The zero-order valence-corrected chi connectivity index (χ0v) is 12.8. The number of hydrogen-bond acceptors (Lipinski definition) is 4. The van der Waals surface area contributed by atoms with Crippen LogP contribution in [0.2, 0.25) is 0 Å². The monoisotopic (exact) mass is 285 g/mol. The summed E-state index contributed by atoms with van der Waals surface area (Å²) in [5.41, 5.74) is 3.39. The van der Waals surface area contributed by atoms with Crippen LogP contribution in [0, 0.1) is 6.92 Å². The van der Waals surface area contributed by atoms with Crippen molar-refractivity contribution in [2.45, 2.75) is 13.8 Å². The van der Waals surface area contributed by atoms with E-state index in [9.17, 15) is 8.42 Å². The molecular formula is C13H23N3O2S. The Morgan fingerprint density at radius 3 is 2.47 bits per heavy atom. The van der Waals surface area contributed by atoms with E-state index in [1.165, 1.54) is 11.8 Å². The number of hydrogen-bond donors (Lipinski definition) is 2. The van der Waals surface area contributed by atoms with E-state index in [1.54, 1.807) is 0 Å². The Hall–Kier alpha value is -1.27. The fourth-order valence-electron chi connectivity index (χ4n) is 1.96. The highest BCUT2D eigenvalue weighted by molar-refractivity contribution is 7.88. The van der Waals surface area contributed by atoms with Gasteiger partial charge in [-0.15, -0.1) is 0 Å². The van der Waals surface area contributed by atoms with E-state index in [-0.39, 0.29) is 0 Å². The van der Waals surface area contributed by atoms with Gasteiger partial charge in [0, 0.05) is 38.1 Å². The third-order valence-corrected chi connectivity index (χ3v) is 3.70. The molecule has 5 nitrogen and oxygen atoms in total. The van der Waals surface area contributed by atoms with Crippen LogP contribution in [0.15, 0.2) is 18.2 Å². The first kappa shape index (κ1) is 15.8. The summed E-state index contributed by atoms with van der Waals surface area (Å²) >= 11 is 0. The molecule has 0 heterocycles. The summed E-state index contributed by atoms with van der Waals surface area (Å²) in [7, 11) is -1.22. The molecule has 0 aliphatic carbocycles. The van der Waals surface area contributed by atoms with E-state index in [2.05, 4.69) is 34.9 Å². The number of aryl methyl sites for hydroxylation is 1. The van der Waals surface area contributed by atoms with E-state index in [0.29, 0.717) is 13.1 Å². The van der Waals surface area contributed by atoms with Gasteiger partial charge in [-0.25, -0.2) is 13.1 Å².